The molecular weight excluding hydrogens is 166 g/mol. The number of hydrogen-bond donors (Lipinski definition) is 1. The quantitative estimate of drug-likeness (QED) is 0.687. The van der Waals surface area contributed by atoms with E-state index in [-0.39, 0.29) is 5.91 Å². The lowest BCUT2D eigenvalue weighted by Gasteiger charge is -2.00. The molecule has 1 aromatic rings. The molecule has 0 aromatic carbocycles. The van der Waals surface area contributed by atoms with Gasteiger partial charge in [-0.2, -0.15) is 0 Å². The molecule has 1 amide bonds. The van der Waals surface area contributed by atoms with Gasteiger partial charge < -0.3 is 5.32 Å². The predicted octanol–water partition coefficient (Wildman–Crippen LogP) is 0.587. The number of aryl methyl sites for hydroxylation is 1. The van der Waals surface area contributed by atoms with Crippen molar-refractivity contribution in [3.63, 3.8) is 0 Å². The van der Waals surface area contributed by atoms with E-state index in [4.69, 9.17) is 0 Å². The summed E-state index contributed by atoms with van der Waals surface area (Å²) in [6, 6.07) is 0. The van der Waals surface area contributed by atoms with E-state index in [1.54, 1.807) is 12.4 Å². The Kier molecular flexibility index (Phi) is 3.14. The lowest BCUT2D eigenvalue weighted by Crippen LogP contribution is -2.20. The van der Waals surface area contributed by atoms with Crippen molar-refractivity contribution in [3.05, 3.63) is 36.4 Å². The first-order chi connectivity index (χ1) is 6.22. The molecule has 4 heteroatoms. The maximum atomic E-state index is 10.8. The topological polar surface area (TPSA) is 54.9 Å². The summed E-state index contributed by atoms with van der Waals surface area (Å²) in [6.07, 6.45) is 4.52. The van der Waals surface area contributed by atoms with Crippen molar-refractivity contribution >= 4 is 5.91 Å². The molecule has 1 heterocycles. The first-order valence-electron chi connectivity index (χ1n) is 3.90. The van der Waals surface area contributed by atoms with Crippen molar-refractivity contribution in [2.45, 2.75) is 13.5 Å². The second-order valence-corrected chi connectivity index (χ2v) is 2.57. The monoisotopic (exact) mass is 177 g/mol. The fraction of sp³-hybridized carbons (Fsp3) is 0.222. The van der Waals surface area contributed by atoms with Crippen LogP contribution in [0.25, 0.3) is 0 Å². The van der Waals surface area contributed by atoms with Crippen LogP contribution >= 0.6 is 0 Å². The largest absolute Gasteiger partial charge is 0.347 e. The average molecular weight is 177 g/mol. The van der Waals surface area contributed by atoms with Gasteiger partial charge in [0.25, 0.3) is 0 Å². The Labute approximate surface area is 76.7 Å². The van der Waals surface area contributed by atoms with Crippen LogP contribution in [0.5, 0.6) is 0 Å². The van der Waals surface area contributed by atoms with E-state index in [1.807, 2.05) is 6.92 Å². The summed E-state index contributed by atoms with van der Waals surface area (Å²) < 4.78 is 0. The molecule has 0 saturated heterocycles. The first-order valence-corrected chi connectivity index (χ1v) is 3.90. The van der Waals surface area contributed by atoms with Gasteiger partial charge >= 0.3 is 0 Å². The highest BCUT2D eigenvalue weighted by Crippen LogP contribution is 1.92. The van der Waals surface area contributed by atoms with Gasteiger partial charge in [0.05, 0.1) is 24.1 Å². The number of amides is 1. The summed E-state index contributed by atoms with van der Waals surface area (Å²) >= 11 is 0. The van der Waals surface area contributed by atoms with Gasteiger partial charge in [-0.1, -0.05) is 6.58 Å². The van der Waals surface area contributed by atoms with Crippen LogP contribution in [-0.2, 0) is 11.3 Å². The van der Waals surface area contributed by atoms with Crippen LogP contribution in [0, 0.1) is 6.92 Å². The molecule has 0 aliphatic carbocycles. The Bertz CT molecular complexity index is 305. The summed E-state index contributed by atoms with van der Waals surface area (Å²) in [4.78, 5) is 18.9. The molecule has 0 spiro atoms. The number of aromatic nitrogens is 2. The molecule has 0 unspecified atom stereocenters. The van der Waals surface area contributed by atoms with Gasteiger partial charge in [0, 0.05) is 6.20 Å². The smallest absolute Gasteiger partial charge is 0.243 e. The van der Waals surface area contributed by atoms with E-state index in [1.165, 1.54) is 6.08 Å². The Morgan fingerprint density at radius 2 is 2.38 bits per heavy atom. The Morgan fingerprint density at radius 1 is 1.62 bits per heavy atom. The van der Waals surface area contributed by atoms with E-state index >= 15 is 0 Å². The van der Waals surface area contributed by atoms with Crippen LogP contribution in [0.2, 0.25) is 0 Å². The normalized spacial score (nSPS) is 9.31. The molecule has 0 saturated carbocycles. The first kappa shape index (κ1) is 9.38. The van der Waals surface area contributed by atoms with Crippen molar-refractivity contribution in [1.82, 2.24) is 15.3 Å². The van der Waals surface area contributed by atoms with Gasteiger partial charge in [0.2, 0.25) is 5.91 Å². The van der Waals surface area contributed by atoms with Gasteiger partial charge in [0.15, 0.2) is 0 Å². The third-order valence-electron chi connectivity index (χ3n) is 1.46. The highest BCUT2D eigenvalue weighted by atomic mass is 16.1. The summed E-state index contributed by atoms with van der Waals surface area (Å²) in [5.74, 6) is -0.206. The van der Waals surface area contributed by atoms with Crippen LogP contribution < -0.4 is 5.32 Å². The van der Waals surface area contributed by atoms with Crippen molar-refractivity contribution < 1.29 is 4.79 Å². The SMILES string of the molecule is C=CC(=O)NCc1cnc(C)cn1. The van der Waals surface area contributed by atoms with Crippen molar-refractivity contribution in [3.8, 4) is 0 Å². The fourth-order valence-corrected chi connectivity index (χ4v) is 0.760. The van der Waals surface area contributed by atoms with Crippen LogP contribution in [0.3, 0.4) is 0 Å². The zero-order valence-corrected chi connectivity index (χ0v) is 7.45. The number of carbonyl (C=O) groups excluding carboxylic acids is 1. The number of hydrogen-bond acceptors (Lipinski definition) is 3. The van der Waals surface area contributed by atoms with Gasteiger partial charge in [0.1, 0.15) is 0 Å². The van der Waals surface area contributed by atoms with Gasteiger partial charge in [-0.15, -0.1) is 0 Å². The lowest BCUT2D eigenvalue weighted by molar-refractivity contribution is -0.116. The number of rotatable bonds is 3. The summed E-state index contributed by atoms with van der Waals surface area (Å²) in [7, 11) is 0. The standard InChI is InChI=1S/C9H11N3O/c1-3-9(13)12-6-8-5-10-7(2)4-11-8/h3-5H,1,6H2,2H3,(H,12,13). The maximum Gasteiger partial charge on any atom is 0.243 e. The van der Waals surface area contributed by atoms with Crippen molar-refractivity contribution in [2.24, 2.45) is 0 Å². The third-order valence-corrected chi connectivity index (χ3v) is 1.46. The van der Waals surface area contributed by atoms with Crippen LogP contribution in [0.4, 0.5) is 0 Å². The number of nitrogens with zero attached hydrogens (tertiary/aromatic N) is 2. The second-order valence-electron chi connectivity index (χ2n) is 2.57. The molecule has 4 nitrogen and oxygen atoms in total. The maximum absolute atomic E-state index is 10.8. The fourth-order valence-electron chi connectivity index (χ4n) is 0.760. The minimum Gasteiger partial charge on any atom is -0.347 e. The number of carbonyl (C=O) groups is 1. The highest BCUT2D eigenvalue weighted by Gasteiger charge is 1.96. The molecule has 1 rings (SSSR count). The average Bonchev–Trinajstić information content (AvgIpc) is 2.16. The molecule has 0 fully saturated rings. The molecular formula is C9H11N3O. The minimum absolute atomic E-state index is 0.206. The predicted molar refractivity (Wildman–Crippen MR) is 48.8 cm³/mol. The summed E-state index contributed by atoms with van der Waals surface area (Å²) in [5.41, 5.74) is 1.60. The molecule has 0 radical (unpaired) electrons. The van der Waals surface area contributed by atoms with Crippen molar-refractivity contribution in [2.75, 3.05) is 0 Å². The van der Waals surface area contributed by atoms with E-state index in [2.05, 4.69) is 21.9 Å². The molecule has 1 N–H and O–H groups in total. The summed E-state index contributed by atoms with van der Waals surface area (Å²) in [6.45, 7) is 5.59. The molecule has 0 aliphatic rings. The zero-order valence-electron chi connectivity index (χ0n) is 7.45. The van der Waals surface area contributed by atoms with Crippen LogP contribution in [0.15, 0.2) is 25.0 Å². The number of nitrogens with one attached hydrogen (secondary N) is 1. The Hall–Kier alpha value is -1.71. The Balaban J connectivity index is 2.50. The van der Waals surface area contributed by atoms with E-state index < -0.39 is 0 Å². The van der Waals surface area contributed by atoms with Crippen LogP contribution in [-0.4, -0.2) is 15.9 Å². The molecule has 0 bridgehead atoms. The second kappa shape index (κ2) is 4.35. The molecule has 68 valence electrons. The third kappa shape index (κ3) is 3.02. The minimum atomic E-state index is -0.206. The van der Waals surface area contributed by atoms with Crippen LogP contribution in [0.1, 0.15) is 11.4 Å². The van der Waals surface area contributed by atoms with E-state index in [0.717, 1.165) is 11.4 Å². The van der Waals surface area contributed by atoms with E-state index in [9.17, 15) is 4.79 Å². The van der Waals surface area contributed by atoms with Gasteiger partial charge in [-0.05, 0) is 13.0 Å². The molecule has 0 aliphatic heterocycles. The van der Waals surface area contributed by atoms with Gasteiger partial charge in [-0.25, -0.2) is 0 Å². The molecule has 1 aromatic heterocycles. The molecule has 13 heavy (non-hydrogen) atoms. The zero-order chi connectivity index (χ0) is 9.68. The summed E-state index contributed by atoms with van der Waals surface area (Å²) in [5, 5.41) is 2.61. The van der Waals surface area contributed by atoms with Gasteiger partial charge in [-0.3, -0.25) is 14.8 Å². The highest BCUT2D eigenvalue weighted by molar-refractivity contribution is 5.86. The molecule has 0 atom stereocenters. The van der Waals surface area contributed by atoms with Crippen molar-refractivity contribution in [1.29, 1.82) is 0 Å². The van der Waals surface area contributed by atoms with E-state index in [0.29, 0.717) is 6.54 Å². The lowest BCUT2D eigenvalue weighted by atomic mass is 10.4. The Morgan fingerprint density at radius 3 is 2.92 bits per heavy atom.